The van der Waals surface area contributed by atoms with Gasteiger partial charge in [-0.1, -0.05) is 17.7 Å². The second kappa shape index (κ2) is 4.68. The number of nitriles is 1. The van der Waals surface area contributed by atoms with Gasteiger partial charge in [-0.3, -0.25) is 4.98 Å². The lowest BCUT2D eigenvalue weighted by Gasteiger charge is -2.07. The lowest BCUT2D eigenvalue weighted by molar-refractivity contribution is 0.0697. The van der Waals surface area contributed by atoms with Crippen LogP contribution in [0.25, 0.3) is 11.1 Å². The van der Waals surface area contributed by atoms with Crippen LogP contribution in [0.3, 0.4) is 0 Å². The molecule has 1 aromatic carbocycles. The van der Waals surface area contributed by atoms with E-state index < -0.39 is 5.97 Å². The summed E-state index contributed by atoms with van der Waals surface area (Å²) in [6, 6.07) is 8.71. The fourth-order valence-electron chi connectivity index (χ4n) is 1.73. The van der Waals surface area contributed by atoms with E-state index in [0.29, 0.717) is 16.7 Å². The van der Waals surface area contributed by atoms with E-state index in [9.17, 15) is 4.79 Å². The predicted octanol–water partition coefficient (Wildman–Crippen LogP) is 2.63. The fraction of sp³-hybridized carbons (Fsp3) is 0.0714. The molecule has 0 spiro atoms. The predicted molar refractivity (Wildman–Crippen MR) is 66.1 cm³/mol. The van der Waals surface area contributed by atoms with E-state index in [1.165, 1.54) is 6.20 Å². The molecule has 2 rings (SSSR count). The third-order valence-corrected chi connectivity index (χ3v) is 2.58. The van der Waals surface area contributed by atoms with Crippen LogP contribution in [0.15, 0.2) is 36.7 Å². The maximum atomic E-state index is 11.2. The van der Waals surface area contributed by atoms with Crippen LogP contribution in [0.4, 0.5) is 0 Å². The molecule has 2 aromatic rings. The Morgan fingerprint density at radius 2 is 2.11 bits per heavy atom. The van der Waals surface area contributed by atoms with Gasteiger partial charge in [-0.15, -0.1) is 0 Å². The molecule has 18 heavy (non-hydrogen) atoms. The molecule has 1 aromatic heterocycles. The molecule has 0 aliphatic heterocycles. The fourth-order valence-corrected chi connectivity index (χ4v) is 1.73. The molecule has 1 N–H and O–H groups in total. The maximum absolute atomic E-state index is 11.2. The lowest BCUT2D eigenvalue weighted by atomic mass is 9.98. The zero-order valence-corrected chi connectivity index (χ0v) is 9.71. The van der Waals surface area contributed by atoms with Gasteiger partial charge in [-0.25, -0.2) is 4.79 Å². The zero-order chi connectivity index (χ0) is 13.1. The van der Waals surface area contributed by atoms with Crippen LogP contribution in [-0.4, -0.2) is 16.1 Å². The highest BCUT2D eigenvalue weighted by Gasteiger charge is 2.12. The SMILES string of the molecule is Cc1ccc(C(=O)O)c(-c2cncc(C#N)c2)c1. The summed E-state index contributed by atoms with van der Waals surface area (Å²) in [7, 11) is 0. The van der Waals surface area contributed by atoms with E-state index in [-0.39, 0.29) is 5.56 Å². The van der Waals surface area contributed by atoms with Gasteiger partial charge < -0.3 is 5.11 Å². The molecule has 0 saturated carbocycles. The molecule has 0 fully saturated rings. The number of carboxylic acid groups (broad SMARTS) is 1. The van der Waals surface area contributed by atoms with Crippen molar-refractivity contribution >= 4 is 5.97 Å². The van der Waals surface area contributed by atoms with Crippen LogP contribution in [0.5, 0.6) is 0 Å². The average molecular weight is 238 g/mol. The first kappa shape index (κ1) is 11.8. The van der Waals surface area contributed by atoms with Crippen molar-refractivity contribution in [2.75, 3.05) is 0 Å². The normalized spacial score (nSPS) is 9.78. The molecular formula is C14H10N2O2. The third-order valence-electron chi connectivity index (χ3n) is 2.58. The number of benzene rings is 1. The molecule has 0 aliphatic rings. The van der Waals surface area contributed by atoms with Crippen molar-refractivity contribution in [1.82, 2.24) is 4.98 Å². The number of aryl methyl sites for hydroxylation is 1. The largest absolute Gasteiger partial charge is 0.478 e. The average Bonchev–Trinajstić information content (AvgIpc) is 2.38. The first-order valence-corrected chi connectivity index (χ1v) is 5.31. The summed E-state index contributed by atoms with van der Waals surface area (Å²) >= 11 is 0. The van der Waals surface area contributed by atoms with E-state index in [0.717, 1.165) is 5.56 Å². The van der Waals surface area contributed by atoms with E-state index >= 15 is 0 Å². The summed E-state index contributed by atoms with van der Waals surface area (Å²) in [4.78, 5) is 15.1. The Balaban J connectivity index is 2.66. The van der Waals surface area contributed by atoms with Crippen molar-refractivity contribution in [3.05, 3.63) is 53.3 Å². The highest BCUT2D eigenvalue weighted by atomic mass is 16.4. The van der Waals surface area contributed by atoms with E-state index in [2.05, 4.69) is 4.98 Å². The van der Waals surface area contributed by atoms with Crippen molar-refractivity contribution in [1.29, 1.82) is 5.26 Å². The maximum Gasteiger partial charge on any atom is 0.336 e. The number of hydrogen-bond acceptors (Lipinski definition) is 3. The van der Waals surface area contributed by atoms with Crippen molar-refractivity contribution < 1.29 is 9.90 Å². The van der Waals surface area contributed by atoms with Gasteiger partial charge in [-0.05, 0) is 24.6 Å². The summed E-state index contributed by atoms with van der Waals surface area (Å²) in [5.41, 5.74) is 2.78. The summed E-state index contributed by atoms with van der Waals surface area (Å²) < 4.78 is 0. The van der Waals surface area contributed by atoms with Gasteiger partial charge in [0.2, 0.25) is 0 Å². The number of rotatable bonds is 2. The number of aromatic carboxylic acids is 1. The molecule has 4 heteroatoms. The minimum atomic E-state index is -0.993. The van der Waals surface area contributed by atoms with Crippen LogP contribution in [0.1, 0.15) is 21.5 Å². The van der Waals surface area contributed by atoms with Crippen LogP contribution in [-0.2, 0) is 0 Å². The van der Waals surface area contributed by atoms with Gasteiger partial charge in [0.1, 0.15) is 6.07 Å². The molecule has 0 radical (unpaired) electrons. The topological polar surface area (TPSA) is 74.0 Å². The summed E-state index contributed by atoms with van der Waals surface area (Å²) in [6.07, 6.45) is 3.00. The standard InChI is InChI=1S/C14H10N2O2/c1-9-2-3-12(14(17)18)13(4-9)11-5-10(6-15)7-16-8-11/h2-5,7-8H,1H3,(H,17,18). The molecular weight excluding hydrogens is 228 g/mol. The minimum absolute atomic E-state index is 0.206. The van der Waals surface area contributed by atoms with Gasteiger partial charge in [0.25, 0.3) is 0 Å². The number of nitrogens with zero attached hydrogens (tertiary/aromatic N) is 2. The second-order valence-corrected chi connectivity index (χ2v) is 3.93. The van der Waals surface area contributed by atoms with Crippen molar-refractivity contribution in [2.24, 2.45) is 0 Å². The van der Waals surface area contributed by atoms with Crippen LogP contribution < -0.4 is 0 Å². The minimum Gasteiger partial charge on any atom is -0.478 e. The molecule has 0 amide bonds. The molecule has 0 aliphatic carbocycles. The Kier molecular flexibility index (Phi) is 3.07. The summed E-state index contributed by atoms with van der Waals surface area (Å²) in [6.45, 7) is 1.89. The Hall–Kier alpha value is -2.67. The number of carboxylic acids is 1. The summed E-state index contributed by atoms with van der Waals surface area (Å²) in [5.74, 6) is -0.993. The van der Waals surface area contributed by atoms with Crippen LogP contribution >= 0.6 is 0 Å². The quantitative estimate of drug-likeness (QED) is 0.872. The molecule has 0 atom stereocenters. The zero-order valence-electron chi connectivity index (χ0n) is 9.71. The van der Waals surface area contributed by atoms with Gasteiger partial charge >= 0.3 is 5.97 Å². The van der Waals surface area contributed by atoms with Gasteiger partial charge in [0.15, 0.2) is 0 Å². The van der Waals surface area contributed by atoms with Crippen molar-refractivity contribution in [3.63, 3.8) is 0 Å². The monoisotopic (exact) mass is 238 g/mol. The number of carbonyl (C=O) groups is 1. The lowest BCUT2D eigenvalue weighted by Crippen LogP contribution is -2.00. The Labute approximate surface area is 104 Å². The van der Waals surface area contributed by atoms with Crippen molar-refractivity contribution in [2.45, 2.75) is 6.92 Å². The van der Waals surface area contributed by atoms with Crippen LogP contribution in [0.2, 0.25) is 0 Å². The third kappa shape index (κ3) is 2.20. The van der Waals surface area contributed by atoms with E-state index in [4.69, 9.17) is 10.4 Å². The summed E-state index contributed by atoms with van der Waals surface area (Å²) in [5, 5.41) is 18.0. The first-order valence-electron chi connectivity index (χ1n) is 5.31. The van der Waals surface area contributed by atoms with E-state index in [1.54, 1.807) is 30.5 Å². The number of aromatic nitrogens is 1. The Bertz CT molecular complexity index is 657. The van der Waals surface area contributed by atoms with Crippen LogP contribution in [0, 0.1) is 18.3 Å². The molecule has 88 valence electrons. The second-order valence-electron chi connectivity index (χ2n) is 3.93. The molecule has 1 heterocycles. The molecule has 0 unspecified atom stereocenters. The Morgan fingerprint density at radius 1 is 1.33 bits per heavy atom. The van der Waals surface area contributed by atoms with Gasteiger partial charge in [0, 0.05) is 18.0 Å². The highest BCUT2D eigenvalue weighted by Crippen LogP contribution is 2.25. The smallest absolute Gasteiger partial charge is 0.336 e. The molecule has 0 saturated heterocycles. The Morgan fingerprint density at radius 3 is 2.78 bits per heavy atom. The highest BCUT2D eigenvalue weighted by molar-refractivity contribution is 5.96. The number of pyridine rings is 1. The molecule has 0 bridgehead atoms. The molecule has 4 nitrogen and oxygen atoms in total. The first-order chi connectivity index (χ1) is 8.61. The van der Waals surface area contributed by atoms with Gasteiger partial charge in [-0.2, -0.15) is 5.26 Å². The van der Waals surface area contributed by atoms with Gasteiger partial charge in [0.05, 0.1) is 11.1 Å². The number of hydrogen-bond donors (Lipinski definition) is 1. The van der Waals surface area contributed by atoms with Crippen molar-refractivity contribution in [3.8, 4) is 17.2 Å². The van der Waals surface area contributed by atoms with E-state index in [1.807, 2.05) is 13.0 Å².